The second-order valence-corrected chi connectivity index (χ2v) is 6.80. The Labute approximate surface area is 153 Å². The lowest BCUT2D eigenvalue weighted by atomic mass is 10.1. The fourth-order valence-corrected chi connectivity index (χ4v) is 3.71. The van der Waals surface area contributed by atoms with E-state index in [0.717, 1.165) is 42.9 Å². The molecule has 1 N–H and O–H groups in total. The van der Waals surface area contributed by atoms with Crippen LogP contribution in [0.4, 0.5) is 0 Å². The molecule has 1 aliphatic rings. The van der Waals surface area contributed by atoms with Gasteiger partial charge >= 0.3 is 0 Å². The molecule has 0 unspecified atom stereocenters. The first-order valence-corrected chi connectivity index (χ1v) is 9.21. The third kappa shape index (κ3) is 3.22. The zero-order valence-electron chi connectivity index (χ0n) is 15.1. The van der Waals surface area contributed by atoms with E-state index >= 15 is 0 Å². The maximum Gasteiger partial charge on any atom is 0.222 e. The van der Waals surface area contributed by atoms with E-state index in [2.05, 4.69) is 47.3 Å². The van der Waals surface area contributed by atoms with E-state index in [1.165, 1.54) is 5.56 Å². The molecule has 0 saturated carbocycles. The molecule has 1 atom stereocenters. The average Bonchev–Trinajstić information content (AvgIpc) is 3.23. The van der Waals surface area contributed by atoms with Gasteiger partial charge in [-0.1, -0.05) is 42.5 Å². The largest absolute Gasteiger partial charge is 0.341 e. The second kappa shape index (κ2) is 7.30. The summed E-state index contributed by atoms with van der Waals surface area (Å²) in [4.78, 5) is 18.7. The number of imidazole rings is 1. The van der Waals surface area contributed by atoms with Crippen LogP contribution in [0.2, 0.25) is 0 Å². The van der Waals surface area contributed by atoms with Crippen molar-refractivity contribution in [1.29, 1.82) is 0 Å². The molecule has 0 radical (unpaired) electrons. The normalized spacial score (nSPS) is 15.7. The number of rotatable bonds is 6. The Morgan fingerprint density at radius 3 is 2.62 bits per heavy atom. The third-order valence-electron chi connectivity index (χ3n) is 5.11. The minimum Gasteiger partial charge on any atom is -0.341 e. The Morgan fingerprint density at radius 1 is 1.12 bits per heavy atom. The number of nitrogens with zero attached hydrogens (tertiary/aromatic N) is 3. The highest BCUT2D eigenvalue weighted by Gasteiger charge is 2.22. The maximum atomic E-state index is 11.8. The number of aryl methyl sites for hydroxylation is 1. The smallest absolute Gasteiger partial charge is 0.222 e. The van der Waals surface area contributed by atoms with Crippen LogP contribution in [0, 0.1) is 0 Å². The van der Waals surface area contributed by atoms with Gasteiger partial charge in [-0.15, -0.1) is 0 Å². The first-order chi connectivity index (χ1) is 12.7. The van der Waals surface area contributed by atoms with Crippen LogP contribution in [-0.2, 0) is 11.8 Å². The van der Waals surface area contributed by atoms with Gasteiger partial charge in [-0.3, -0.25) is 4.79 Å². The summed E-state index contributed by atoms with van der Waals surface area (Å²) in [6, 6.07) is 18.6. The first-order valence-electron chi connectivity index (χ1n) is 9.21. The number of aromatic nitrogens is 2. The van der Waals surface area contributed by atoms with Crippen LogP contribution in [-0.4, -0.2) is 40.0 Å². The van der Waals surface area contributed by atoms with Crippen molar-refractivity contribution in [3.63, 3.8) is 0 Å². The topological polar surface area (TPSA) is 50.2 Å². The third-order valence-corrected chi connectivity index (χ3v) is 5.11. The number of hydrogen-bond acceptors (Lipinski definition) is 3. The summed E-state index contributed by atoms with van der Waals surface area (Å²) in [5.41, 5.74) is 3.31. The Bertz CT molecular complexity index is 903. The van der Waals surface area contributed by atoms with Crippen LogP contribution in [0.25, 0.3) is 11.0 Å². The SMILES string of the molecule is Cn1c([C@@H](NCCN2CCCC2=O)c2ccccc2)nc2ccccc21. The van der Waals surface area contributed by atoms with Gasteiger partial charge in [0.25, 0.3) is 0 Å². The summed E-state index contributed by atoms with van der Waals surface area (Å²) in [5.74, 6) is 1.26. The van der Waals surface area contributed by atoms with Crippen LogP contribution in [0.15, 0.2) is 54.6 Å². The monoisotopic (exact) mass is 348 g/mol. The zero-order valence-corrected chi connectivity index (χ0v) is 15.1. The summed E-state index contributed by atoms with van der Waals surface area (Å²) in [6.45, 7) is 2.36. The van der Waals surface area contributed by atoms with Crippen LogP contribution in [0.5, 0.6) is 0 Å². The van der Waals surface area contributed by atoms with E-state index in [9.17, 15) is 4.79 Å². The van der Waals surface area contributed by atoms with Crippen LogP contribution in [0.3, 0.4) is 0 Å². The van der Waals surface area contributed by atoms with Crippen LogP contribution >= 0.6 is 0 Å². The van der Waals surface area contributed by atoms with Gasteiger partial charge in [0.1, 0.15) is 5.82 Å². The molecule has 0 aliphatic carbocycles. The quantitative estimate of drug-likeness (QED) is 0.745. The fraction of sp³-hybridized carbons (Fsp3) is 0.333. The molecule has 1 aromatic heterocycles. The number of benzene rings is 2. The highest BCUT2D eigenvalue weighted by Crippen LogP contribution is 2.24. The average molecular weight is 348 g/mol. The highest BCUT2D eigenvalue weighted by atomic mass is 16.2. The molecule has 134 valence electrons. The molecule has 0 spiro atoms. The van der Waals surface area contributed by atoms with Crippen molar-refractivity contribution in [3.05, 3.63) is 66.0 Å². The lowest BCUT2D eigenvalue weighted by molar-refractivity contribution is -0.127. The lowest BCUT2D eigenvalue weighted by Crippen LogP contribution is -2.35. The predicted molar refractivity (Wildman–Crippen MR) is 103 cm³/mol. The number of para-hydroxylation sites is 2. The molecular formula is C21H24N4O. The molecule has 4 rings (SSSR count). The Morgan fingerprint density at radius 2 is 1.88 bits per heavy atom. The Kier molecular flexibility index (Phi) is 4.71. The van der Waals surface area contributed by atoms with E-state index in [1.807, 2.05) is 29.2 Å². The zero-order chi connectivity index (χ0) is 17.9. The molecule has 2 aromatic carbocycles. The fourth-order valence-electron chi connectivity index (χ4n) is 3.71. The number of carbonyl (C=O) groups excluding carboxylic acids is 1. The first kappa shape index (κ1) is 16.8. The molecule has 2 heterocycles. The molecule has 3 aromatic rings. The predicted octanol–water partition coefficient (Wildman–Crippen LogP) is 2.87. The molecule has 0 bridgehead atoms. The number of hydrogen-bond donors (Lipinski definition) is 1. The summed E-state index contributed by atoms with van der Waals surface area (Å²) in [7, 11) is 2.06. The van der Waals surface area contributed by atoms with Gasteiger partial charge in [-0.25, -0.2) is 4.98 Å². The second-order valence-electron chi connectivity index (χ2n) is 6.80. The summed E-state index contributed by atoms with van der Waals surface area (Å²) >= 11 is 0. The highest BCUT2D eigenvalue weighted by molar-refractivity contribution is 5.78. The molecule has 5 heteroatoms. The van der Waals surface area contributed by atoms with Crippen LogP contribution in [0.1, 0.15) is 30.3 Å². The van der Waals surface area contributed by atoms with Crippen molar-refractivity contribution in [2.24, 2.45) is 7.05 Å². The molecule has 1 fully saturated rings. The molecule has 26 heavy (non-hydrogen) atoms. The van der Waals surface area contributed by atoms with Crippen molar-refractivity contribution < 1.29 is 4.79 Å². The standard InChI is InChI=1S/C21H24N4O/c1-24-18-11-6-5-10-17(18)23-21(24)20(16-8-3-2-4-9-16)22-13-15-25-14-7-12-19(25)26/h2-6,8-11,20,22H,7,12-15H2,1H3/t20-/m0/s1. The van der Waals surface area contributed by atoms with E-state index in [4.69, 9.17) is 4.98 Å². The number of amides is 1. The van der Waals surface area contributed by atoms with E-state index in [1.54, 1.807) is 0 Å². The Balaban J connectivity index is 1.60. The van der Waals surface area contributed by atoms with Crippen molar-refractivity contribution in [1.82, 2.24) is 19.8 Å². The van der Waals surface area contributed by atoms with Gasteiger partial charge in [0, 0.05) is 33.1 Å². The van der Waals surface area contributed by atoms with Gasteiger partial charge in [-0.05, 0) is 24.1 Å². The molecule has 1 aliphatic heterocycles. The van der Waals surface area contributed by atoms with Gasteiger partial charge in [0.2, 0.25) is 5.91 Å². The van der Waals surface area contributed by atoms with Crippen molar-refractivity contribution in [3.8, 4) is 0 Å². The number of carbonyl (C=O) groups is 1. The van der Waals surface area contributed by atoms with Crippen molar-refractivity contribution in [2.45, 2.75) is 18.9 Å². The number of likely N-dealkylation sites (tertiary alicyclic amines) is 1. The molecule has 1 amide bonds. The molecular weight excluding hydrogens is 324 g/mol. The van der Waals surface area contributed by atoms with Gasteiger partial charge in [0.05, 0.1) is 17.1 Å². The molecule has 5 nitrogen and oxygen atoms in total. The number of fused-ring (bicyclic) bond motifs is 1. The van der Waals surface area contributed by atoms with E-state index in [0.29, 0.717) is 6.42 Å². The summed E-state index contributed by atoms with van der Waals surface area (Å²) < 4.78 is 2.15. The minimum atomic E-state index is -0.00805. The molecule has 1 saturated heterocycles. The van der Waals surface area contributed by atoms with Gasteiger partial charge in [-0.2, -0.15) is 0 Å². The van der Waals surface area contributed by atoms with E-state index in [-0.39, 0.29) is 11.9 Å². The van der Waals surface area contributed by atoms with Crippen molar-refractivity contribution in [2.75, 3.05) is 19.6 Å². The van der Waals surface area contributed by atoms with Gasteiger partial charge < -0.3 is 14.8 Å². The van der Waals surface area contributed by atoms with Crippen LogP contribution < -0.4 is 5.32 Å². The van der Waals surface area contributed by atoms with E-state index < -0.39 is 0 Å². The minimum absolute atomic E-state index is 0.00805. The number of nitrogens with one attached hydrogen (secondary N) is 1. The lowest BCUT2D eigenvalue weighted by Gasteiger charge is -2.22. The Hall–Kier alpha value is -2.66. The van der Waals surface area contributed by atoms with Crippen molar-refractivity contribution >= 4 is 16.9 Å². The maximum absolute atomic E-state index is 11.8. The summed E-state index contributed by atoms with van der Waals surface area (Å²) in [6.07, 6.45) is 1.67. The summed E-state index contributed by atoms with van der Waals surface area (Å²) in [5, 5.41) is 3.62. The van der Waals surface area contributed by atoms with Gasteiger partial charge in [0.15, 0.2) is 0 Å².